The van der Waals surface area contributed by atoms with Crippen LogP contribution in [0.5, 0.6) is 11.5 Å². The third kappa shape index (κ3) is 2.64. The molecule has 0 unspecified atom stereocenters. The van der Waals surface area contributed by atoms with Crippen LogP contribution >= 0.6 is 0 Å². The van der Waals surface area contributed by atoms with Crippen LogP contribution in [0.1, 0.15) is 11.1 Å². The van der Waals surface area contributed by atoms with Gasteiger partial charge in [0.15, 0.2) is 0 Å². The summed E-state index contributed by atoms with van der Waals surface area (Å²) in [4.78, 5) is 11.2. The molecule has 3 N–H and O–H groups in total. The lowest BCUT2D eigenvalue weighted by atomic mass is 10.0. The minimum Gasteiger partial charge on any atom is -0.497 e. The number of nitrogens with two attached hydrogens (primary N) is 1. The second kappa shape index (κ2) is 5.37. The molecule has 0 aliphatic rings. The number of carbonyl (C=O) groups excluding carboxylic acids is 1. The van der Waals surface area contributed by atoms with E-state index >= 15 is 0 Å². The lowest BCUT2D eigenvalue weighted by molar-refractivity contribution is -0.120. The summed E-state index contributed by atoms with van der Waals surface area (Å²) in [7, 11) is 3.14. The largest absolute Gasteiger partial charge is 0.497 e. The van der Waals surface area contributed by atoms with Crippen molar-refractivity contribution in [1.82, 2.24) is 5.43 Å². The number of amides is 1. The molecule has 0 aliphatic carbocycles. The smallest absolute Gasteiger partial charge is 0.238 e. The monoisotopic (exact) mass is 224 g/mol. The van der Waals surface area contributed by atoms with Gasteiger partial charge in [0.2, 0.25) is 5.91 Å². The average Bonchev–Trinajstić information content (AvgIpc) is 2.30. The molecule has 88 valence electrons. The quantitative estimate of drug-likeness (QED) is 0.445. The van der Waals surface area contributed by atoms with Crippen LogP contribution in [0.3, 0.4) is 0 Å². The fourth-order valence-electron chi connectivity index (χ4n) is 1.49. The van der Waals surface area contributed by atoms with E-state index in [4.69, 9.17) is 15.3 Å². The van der Waals surface area contributed by atoms with Crippen LogP contribution in [0.25, 0.3) is 0 Å². The molecule has 0 radical (unpaired) electrons. The van der Waals surface area contributed by atoms with Gasteiger partial charge in [0.1, 0.15) is 11.5 Å². The number of aryl methyl sites for hydroxylation is 1. The van der Waals surface area contributed by atoms with Gasteiger partial charge >= 0.3 is 0 Å². The Kier molecular flexibility index (Phi) is 4.13. The highest BCUT2D eigenvalue weighted by Crippen LogP contribution is 2.28. The zero-order chi connectivity index (χ0) is 12.1. The highest BCUT2D eigenvalue weighted by molar-refractivity contribution is 5.79. The van der Waals surface area contributed by atoms with Crippen molar-refractivity contribution in [3.05, 3.63) is 23.3 Å². The van der Waals surface area contributed by atoms with Crippen LogP contribution in [0.4, 0.5) is 0 Å². The molecule has 0 bridgehead atoms. The fraction of sp³-hybridized carbons (Fsp3) is 0.364. The molecule has 1 rings (SSSR count). The van der Waals surface area contributed by atoms with Crippen molar-refractivity contribution in [1.29, 1.82) is 0 Å². The Labute approximate surface area is 94.5 Å². The Hall–Kier alpha value is -1.75. The number of rotatable bonds is 4. The van der Waals surface area contributed by atoms with Gasteiger partial charge in [0.05, 0.1) is 20.6 Å². The van der Waals surface area contributed by atoms with E-state index in [1.807, 2.05) is 13.0 Å². The first-order valence-corrected chi connectivity index (χ1v) is 4.83. The average molecular weight is 224 g/mol. The minimum absolute atomic E-state index is 0.190. The number of carbonyl (C=O) groups is 1. The van der Waals surface area contributed by atoms with Gasteiger partial charge in [-0.25, -0.2) is 5.84 Å². The second-order valence-corrected chi connectivity index (χ2v) is 3.37. The summed E-state index contributed by atoms with van der Waals surface area (Å²) >= 11 is 0. The van der Waals surface area contributed by atoms with Gasteiger partial charge in [0, 0.05) is 11.6 Å². The molecule has 5 nitrogen and oxygen atoms in total. The van der Waals surface area contributed by atoms with E-state index in [2.05, 4.69) is 5.43 Å². The predicted octanol–water partition coefficient (Wildman–Crippen LogP) is 0.545. The normalized spacial score (nSPS) is 9.75. The Bertz CT molecular complexity index is 391. The summed E-state index contributed by atoms with van der Waals surface area (Å²) in [5, 5.41) is 0. The topological polar surface area (TPSA) is 73.6 Å². The van der Waals surface area contributed by atoms with E-state index in [0.717, 1.165) is 11.1 Å². The standard InChI is InChI=1S/C11H16N2O3/c1-7-4-8(15-2)5-10(16-3)9(7)6-11(14)13-12/h4-5H,6,12H2,1-3H3,(H,13,14). The van der Waals surface area contributed by atoms with Crippen molar-refractivity contribution in [3.63, 3.8) is 0 Å². The Balaban J connectivity index is 3.11. The molecule has 0 spiro atoms. The molecule has 1 aromatic rings. The Morgan fingerprint density at radius 3 is 2.56 bits per heavy atom. The Morgan fingerprint density at radius 2 is 2.06 bits per heavy atom. The van der Waals surface area contributed by atoms with Crippen molar-refractivity contribution in [2.24, 2.45) is 5.84 Å². The molecule has 16 heavy (non-hydrogen) atoms. The summed E-state index contributed by atoms with van der Waals surface area (Å²) in [6.07, 6.45) is 0.190. The van der Waals surface area contributed by atoms with Gasteiger partial charge in [-0.2, -0.15) is 0 Å². The third-order valence-electron chi connectivity index (χ3n) is 2.36. The van der Waals surface area contributed by atoms with Crippen molar-refractivity contribution in [3.8, 4) is 11.5 Å². The number of nitrogens with one attached hydrogen (secondary N) is 1. The summed E-state index contributed by atoms with van der Waals surface area (Å²) in [5.74, 6) is 6.12. The maximum absolute atomic E-state index is 11.2. The van der Waals surface area contributed by atoms with Crippen molar-refractivity contribution >= 4 is 5.91 Å². The molecule has 0 atom stereocenters. The maximum Gasteiger partial charge on any atom is 0.238 e. The van der Waals surface area contributed by atoms with Crippen LogP contribution in [0, 0.1) is 6.92 Å². The van der Waals surface area contributed by atoms with Crippen LogP contribution in [-0.4, -0.2) is 20.1 Å². The maximum atomic E-state index is 11.2. The summed E-state index contributed by atoms with van der Waals surface area (Å²) < 4.78 is 10.3. The zero-order valence-corrected chi connectivity index (χ0v) is 9.66. The van der Waals surface area contributed by atoms with E-state index in [0.29, 0.717) is 11.5 Å². The van der Waals surface area contributed by atoms with Crippen molar-refractivity contribution in [2.75, 3.05) is 14.2 Å². The number of hydrazine groups is 1. The molecule has 0 heterocycles. The van der Waals surface area contributed by atoms with Gasteiger partial charge in [-0.05, 0) is 18.6 Å². The molecule has 0 aromatic heterocycles. The lowest BCUT2D eigenvalue weighted by Crippen LogP contribution is -2.31. The molecule has 0 saturated carbocycles. The molecular weight excluding hydrogens is 208 g/mol. The number of methoxy groups -OCH3 is 2. The summed E-state index contributed by atoms with van der Waals surface area (Å²) in [5.41, 5.74) is 3.84. The van der Waals surface area contributed by atoms with E-state index in [-0.39, 0.29) is 12.3 Å². The fourth-order valence-corrected chi connectivity index (χ4v) is 1.49. The van der Waals surface area contributed by atoms with E-state index < -0.39 is 0 Å². The highest BCUT2D eigenvalue weighted by Gasteiger charge is 2.12. The molecular formula is C11H16N2O3. The van der Waals surface area contributed by atoms with Gasteiger partial charge in [0.25, 0.3) is 0 Å². The van der Waals surface area contributed by atoms with Crippen LogP contribution < -0.4 is 20.7 Å². The van der Waals surface area contributed by atoms with Crippen molar-refractivity contribution in [2.45, 2.75) is 13.3 Å². The third-order valence-corrected chi connectivity index (χ3v) is 2.36. The predicted molar refractivity (Wildman–Crippen MR) is 60.3 cm³/mol. The number of hydrogen-bond donors (Lipinski definition) is 2. The number of ether oxygens (including phenoxy) is 2. The van der Waals surface area contributed by atoms with Gasteiger partial charge in [-0.15, -0.1) is 0 Å². The van der Waals surface area contributed by atoms with Crippen LogP contribution in [0.2, 0.25) is 0 Å². The number of hydrogen-bond acceptors (Lipinski definition) is 4. The first kappa shape index (κ1) is 12.3. The summed E-state index contributed by atoms with van der Waals surface area (Å²) in [6, 6.07) is 3.59. The van der Waals surface area contributed by atoms with Crippen LogP contribution in [-0.2, 0) is 11.2 Å². The van der Waals surface area contributed by atoms with Crippen LogP contribution in [0.15, 0.2) is 12.1 Å². The molecule has 0 saturated heterocycles. The van der Waals surface area contributed by atoms with Gasteiger partial charge in [-0.1, -0.05) is 0 Å². The zero-order valence-electron chi connectivity index (χ0n) is 9.66. The molecule has 1 aromatic carbocycles. The van der Waals surface area contributed by atoms with E-state index in [1.165, 1.54) is 0 Å². The minimum atomic E-state index is -0.258. The van der Waals surface area contributed by atoms with Gasteiger partial charge < -0.3 is 9.47 Å². The molecule has 1 amide bonds. The van der Waals surface area contributed by atoms with E-state index in [1.54, 1.807) is 20.3 Å². The number of benzene rings is 1. The van der Waals surface area contributed by atoms with E-state index in [9.17, 15) is 4.79 Å². The lowest BCUT2D eigenvalue weighted by Gasteiger charge is -2.13. The SMILES string of the molecule is COc1cc(C)c(CC(=O)NN)c(OC)c1. The highest BCUT2D eigenvalue weighted by atomic mass is 16.5. The van der Waals surface area contributed by atoms with Crippen molar-refractivity contribution < 1.29 is 14.3 Å². The second-order valence-electron chi connectivity index (χ2n) is 3.37. The molecule has 5 heteroatoms. The molecule has 0 aliphatic heterocycles. The Morgan fingerprint density at radius 1 is 1.38 bits per heavy atom. The summed E-state index contributed by atoms with van der Waals surface area (Å²) in [6.45, 7) is 1.89. The first-order chi connectivity index (χ1) is 7.62. The first-order valence-electron chi connectivity index (χ1n) is 4.83. The van der Waals surface area contributed by atoms with Gasteiger partial charge in [-0.3, -0.25) is 10.2 Å². The molecule has 0 fully saturated rings.